The zero-order valence-electron chi connectivity index (χ0n) is 79.3. The molecule has 3 heterocycles. The summed E-state index contributed by atoms with van der Waals surface area (Å²) in [6.45, 7) is 32.0. The largest absolute Gasteiger partial charge is 0.462 e. The Kier molecular flexibility index (Phi) is 26.6. The molecule has 3 saturated heterocycles. The minimum atomic E-state index is -1.30. The maximum atomic E-state index is 15.1. The van der Waals surface area contributed by atoms with E-state index < -0.39 is 146 Å². The number of ether oxygens (including phenoxy) is 6. The van der Waals surface area contributed by atoms with Crippen molar-refractivity contribution in [1.29, 1.82) is 0 Å². The Hall–Kier alpha value is -6.56. The number of fused-ring (bicyclic) bond motifs is 15. The Morgan fingerprint density at radius 2 is 0.822 bits per heavy atom. The number of benzene rings is 3. The number of hydrogen-bond donors (Lipinski definition) is 7. The second-order valence-electron chi connectivity index (χ2n) is 46.3. The molecule has 21 unspecified atom stereocenters. The molecule has 21 heteroatoms. The first-order chi connectivity index (χ1) is 61.0. The molecular formula is C108H150O21. The average Bonchev–Trinajstić information content (AvgIpc) is 1.65. The van der Waals surface area contributed by atoms with Gasteiger partial charge in [-0.3, -0.25) is 24.0 Å². The molecule has 14 fully saturated rings. The van der Waals surface area contributed by atoms with Crippen LogP contribution in [-0.4, -0.2) is 161 Å². The van der Waals surface area contributed by atoms with Gasteiger partial charge in [0, 0.05) is 89.8 Å². The molecule has 0 amide bonds. The van der Waals surface area contributed by atoms with E-state index in [0.29, 0.717) is 124 Å². The zero-order chi connectivity index (χ0) is 92.7. The van der Waals surface area contributed by atoms with Crippen LogP contribution in [0.1, 0.15) is 302 Å². The molecule has 18 rings (SSSR count). The van der Waals surface area contributed by atoms with E-state index in [2.05, 4.69) is 96.9 Å². The Morgan fingerprint density at radius 3 is 1.29 bits per heavy atom. The van der Waals surface area contributed by atoms with Crippen molar-refractivity contribution >= 4 is 47.2 Å². The van der Waals surface area contributed by atoms with Gasteiger partial charge in [0.1, 0.15) is 41.6 Å². The lowest BCUT2D eigenvalue weighted by Gasteiger charge is -2.68. The summed E-state index contributed by atoms with van der Waals surface area (Å²) in [4.78, 5) is 111. The summed E-state index contributed by atoms with van der Waals surface area (Å²) in [5.74, 6) is -4.71. The summed E-state index contributed by atoms with van der Waals surface area (Å²) in [6, 6.07) is 26.3. The summed E-state index contributed by atoms with van der Waals surface area (Å²) in [5, 5.41) is 80.5. The van der Waals surface area contributed by atoms with Crippen LogP contribution in [0.15, 0.2) is 103 Å². The Bertz CT molecular complexity index is 4660. The lowest BCUT2D eigenvalue weighted by atomic mass is 9.40. The van der Waals surface area contributed by atoms with E-state index >= 15 is 4.79 Å². The third kappa shape index (κ3) is 15.9. The van der Waals surface area contributed by atoms with Crippen molar-refractivity contribution in [1.82, 2.24) is 0 Å². The SMILES string of the molecule is CC(C)C1CC(=O)OC(C(C)C2=CC(=O)C3C4[C@@H](OC(=O)c5ccccc5)[C@H](OC(=O)c5ccccc5)C5CCCC[C@]5(C)[C@@]4(OC(=O)c4ccccc4)CC[C@]23C)C1.CC(C)C1CC(=O)OC(C(C)C2CC(=O)C3C4[C@@H](O)[C@H](O)C5CCCC[C@]5(C)[C@@]4(O)CC[C@]23C)C1.CC(C)C1CC(O)OC(C(C)C2CC(=O)C3C4[C@@H](O)[C@H](O)C5CCCC[C@]5(C)[C@@]4(O)CC[C@]23C)C1. The zero-order valence-corrected chi connectivity index (χ0v) is 79.3. The predicted molar refractivity (Wildman–Crippen MR) is 483 cm³/mol. The number of ketones is 3. The number of esters is 5. The maximum absolute atomic E-state index is 15.1. The number of carbonyl (C=O) groups is 8. The van der Waals surface area contributed by atoms with Crippen LogP contribution >= 0.6 is 0 Å². The van der Waals surface area contributed by atoms with Crippen molar-refractivity contribution < 1.29 is 103 Å². The summed E-state index contributed by atoms with van der Waals surface area (Å²) < 4.78 is 38.4. The molecule has 36 atom stereocenters. The van der Waals surface area contributed by atoms with Gasteiger partial charge in [0.25, 0.3) is 0 Å². The molecule has 12 aliphatic carbocycles. The van der Waals surface area contributed by atoms with Crippen LogP contribution in [0.2, 0.25) is 0 Å². The average molecular weight is 1780 g/mol. The summed E-state index contributed by atoms with van der Waals surface area (Å²) in [5.41, 5.74) is -4.98. The van der Waals surface area contributed by atoms with Crippen LogP contribution in [0, 0.1) is 151 Å². The highest BCUT2D eigenvalue weighted by atomic mass is 16.6. The Morgan fingerprint density at radius 1 is 0.411 bits per heavy atom. The van der Waals surface area contributed by atoms with Gasteiger partial charge in [-0.1, -0.05) is 203 Å². The number of aliphatic hydroxyl groups is 7. The fraction of sp³-hybridized carbons (Fsp3) is 0.741. The van der Waals surface area contributed by atoms with Gasteiger partial charge in [-0.2, -0.15) is 0 Å². The van der Waals surface area contributed by atoms with E-state index in [1.807, 2.05) is 25.1 Å². The van der Waals surface area contributed by atoms with E-state index in [1.165, 1.54) is 0 Å². The van der Waals surface area contributed by atoms with Gasteiger partial charge in [-0.15, -0.1) is 0 Å². The van der Waals surface area contributed by atoms with Crippen molar-refractivity contribution in [2.45, 2.75) is 349 Å². The molecule has 0 spiro atoms. The number of allylic oxidation sites excluding steroid dienone is 1. The first-order valence-electron chi connectivity index (χ1n) is 50.0. The van der Waals surface area contributed by atoms with E-state index in [9.17, 15) is 69.3 Å². The van der Waals surface area contributed by atoms with Gasteiger partial charge < -0.3 is 64.2 Å². The first kappa shape index (κ1) is 95.6. The summed E-state index contributed by atoms with van der Waals surface area (Å²) in [6.07, 6.45) is 12.5. The number of carbonyl (C=O) groups excluding carboxylic acids is 8. The normalized spacial score (nSPS) is 45.0. The molecule has 3 aromatic carbocycles. The molecule has 7 N–H and O–H groups in total. The third-order valence-corrected chi connectivity index (χ3v) is 39.5. The summed E-state index contributed by atoms with van der Waals surface area (Å²) >= 11 is 0. The predicted octanol–water partition coefficient (Wildman–Crippen LogP) is 17.0. The van der Waals surface area contributed by atoms with Crippen LogP contribution in [0.5, 0.6) is 0 Å². The van der Waals surface area contributed by atoms with Crippen LogP contribution < -0.4 is 0 Å². The molecule has 15 aliphatic rings. The standard InChI is InChI=1S/C50H56O9.C29H48O6.C29H46O6/c1-30(2)35-27-39(56-40(52)28-35)31(3)37-29-38(51)41-42-44(58-46(54)33-19-11-7-12-20-33)43(57-45(53)32-17-9-6-10-18-32)36-23-15-16-24-49(36,5)50(42,26-25-48(37,41)4)59-47(55)34-21-13-8-14-22-34;2*1-15(2)17-12-21(35-22(31)13-17)16(3)19-14-20(30)23-24-26(33)25(32)18-8-6-7-9-28(18,5)29(24,34)11-10-27(19,23)4/h6-14,17-22,29-31,35-36,39,41-44H,15-16,23-28H2,1-5H3;15-19,21-26,31-34H,6-14H2,1-5H3;15-19,21,23-26,32-34H,6-14H2,1-5H3/t31?,35?,36?,39?,41?,42?,43-,44-,48-,49+,50-;16?,17?,18?,19?,21?,22?,23?,24?,25-,26-,27-,28+,29-;16?,17?,18?,19?,21?,23?,24?,25-,26-,27-,28+,29-/m111/s1. The number of rotatable bonds is 15. The molecule has 21 nitrogen and oxygen atoms in total. The van der Waals surface area contributed by atoms with Crippen molar-refractivity contribution in [3.63, 3.8) is 0 Å². The second-order valence-corrected chi connectivity index (χ2v) is 46.3. The molecule has 3 aliphatic heterocycles. The summed E-state index contributed by atoms with van der Waals surface area (Å²) in [7, 11) is 0. The van der Waals surface area contributed by atoms with Gasteiger partial charge in [-0.25, -0.2) is 14.4 Å². The van der Waals surface area contributed by atoms with Gasteiger partial charge in [-0.05, 0) is 226 Å². The van der Waals surface area contributed by atoms with E-state index in [-0.39, 0.29) is 106 Å². The minimum Gasteiger partial charge on any atom is -0.462 e. The van der Waals surface area contributed by atoms with Gasteiger partial charge >= 0.3 is 29.8 Å². The van der Waals surface area contributed by atoms with Crippen molar-refractivity contribution in [2.24, 2.45) is 151 Å². The number of aliphatic hydroxyl groups excluding tert-OH is 5. The highest BCUT2D eigenvalue weighted by Crippen LogP contribution is 2.74. The van der Waals surface area contributed by atoms with E-state index in [0.717, 1.165) is 89.0 Å². The second kappa shape index (κ2) is 35.9. The quantitative estimate of drug-likeness (QED) is 0.0549. The van der Waals surface area contributed by atoms with Crippen molar-refractivity contribution in [2.75, 3.05) is 0 Å². The molecule has 0 aromatic heterocycles. The smallest absolute Gasteiger partial charge is 0.338 e. The monoisotopic (exact) mass is 1780 g/mol. The number of hydrogen-bond acceptors (Lipinski definition) is 21. The molecule has 0 bridgehead atoms. The van der Waals surface area contributed by atoms with Crippen molar-refractivity contribution in [3.05, 3.63) is 119 Å². The maximum Gasteiger partial charge on any atom is 0.338 e. The molecule has 708 valence electrons. The first-order valence-corrected chi connectivity index (χ1v) is 50.0. The highest BCUT2D eigenvalue weighted by Gasteiger charge is 2.79. The van der Waals surface area contributed by atoms with Crippen LogP contribution in [0.4, 0.5) is 0 Å². The van der Waals surface area contributed by atoms with Gasteiger partial charge in [0.2, 0.25) is 0 Å². The number of Topliss-reactive ketones (excluding diaryl/α,β-unsaturated/α-hetero) is 2. The van der Waals surface area contributed by atoms with Crippen LogP contribution in [-0.2, 0) is 52.4 Å². The van der Waals surface area contributed by atoms with E-state index in [1.54, 1.807) is 78.9 Å². The fourth-order valence-electron chi connectivity index (χ4n) is 31.8. The topological polar surface area (TPSA) is 334 Å². The van der Waals surface area contributed by atoms with Crippen molar-refractivity contribution in [3.8, 4) is 0 Å². The lowest BCUT2D eigenvalue weighted by Crippen LogP contribution is -2.75. The molecule has 11 saturated carbocycles. The Balaban J connectivity index is 0.000000150. The Labute approximate surface area is 764 Å². The molecular weight excluding hydrogens is 1630 g/mol. The van der Waals surface area contributed by atoms with Gasteiger partial charge in [0.15, 0.2) is 12.1 Å². The fourth-order valence-corrected chi connectivity index (χ4v) is 31.8. The van der Waals surface area contributed by atoms with E-state index in [4.69, 9.17) is 28.4 Å². The highest BCUT2D eigenvalue weighted by molar-refractivity contribution is 5.98. The lowest BCUT2D eigenvalue weighted by molar-refractivity contribution is -0.291. The molecule has 3 aromatic rings. The minimum absolute atomic E-state index is 0.0225. The molecule has 0 radical (unpaired) electrons. The van der Waals surface area contributed by atoms with Crippen LogP contribution in [0.25, 0.3) is 0 Å². The molecule has 129 heavy (non-hydrogen) atoms. The van der Waals surface area contributed by atoms with Gasteiger partial charge in [0.05, 0.1) is 64.3 Å². The third-order valence-electron chi connectivity index (χ3n) is 39.5. The number of cyclic esters (lactones) is 2. The van der Waals surface area contributed by atoms with Crippen LogP contribution in [0.3, 0.4) is 0 Å².